The molecule has 1 aliphatic carbocycles. The number of likely N-dealkylation sites (tertiary alicyclic amines) is 1. The molecule has 24 heavy (non-hydrogen) atoms. The normalized spacial score (nSPS) is 28.8. The molecule has 0 radical (unpaired) electrons. The summed E-state index contributed by atoms with van der Waals surface area (Å²) in [6.07, 6.45) is 10.7. The van der Waals surface area contributed by atoms with E-state index in [1.165, 1.54) is 32.1 Å². The molecule has 2 N–H and O–H groups in total. The van der Waals surface area contributed by atoms with Gasteiger partial charge in [0.05, 0.1) is 0 Å². The molecule has 6 nitrogen and oxygen atoms in total. The summed E-state index contributed by atoms with van der Waals surface area (Å²) in [5.41, 5.74) is 6.02. The summed E-state index contributed by atoms with van der Waals surface area (Å²) in [5, 5.41) is 0. The number of hydrogen-bond donors (Lipinski definition) is 1. The topological polar surface area (TPSA) is 75.3 Å². The van der Waals surface area contributed by atoms with Crippen LogP contribution in [0.3, 0.4) is 0 Å². The van der Waals surface area contributed by atoms with Gasteiger partial charge in [0.2, 0.25) is 11.9 Å². The SMILES string of the molecule is Nc1ccnc(N2CCCC3(CCC(=O)N(C4CCCC4)C3)C2)n1. The third-order valence-electron chi connectivity index (χ3n) is 6.07. The second-order valence-corrected chi connectivity index (χ2v) is 7.77. The summed E-state index contributed by atoms with van der Waals surface area (Å²) in [4.78, 5) is 25.8. The number of amides is 1. The van der Waals surface area contributed by atoms with Crippen molar-refractivity contribution in [2.45, 2.75) is 57.4 Å². The van der Waals surface area contributed by atoms with Crippen LogP contribution in [0.1, 0.15) is 51.4 Å². The van der Waals surface area contributed by atoms with Gasteiger partial charge in [0.25, 0.3) is 0 Å². The Morgan fingerprint density at radius 1 is 1.17 bits per heavy atom. The van der Waals surface area contributed by atoms with Crippen LogP contribution in [0, 0.1) is 5.41 Å². The molecule has 1 spiro atoms. The fraction of sp³-hybridized carbons (Fsp3) is 0.722. The van der Waals surface area contributed by atoms with E-state index >= 15 is 0 Å². The molecule has 3 aliphatic rings. The van der Waals surface area contributed by atoms with Crippen LogP contribution in [0.2, 0.25) is 0 Å². The average Bonchev–Trinajstić information content (AvgIpc) is 3.12. The van der Waals surface area contributed by atoms with E-state index in [1.54, 1.807) is 12.3 Å². The third kappa shape index (κ3) is 2.94. The van der Waals surface area contributed by atoms with Crippen molar-refractivity contribution in [3.63, 3.8) is 0 Å². The van der Waals surface area contributed by atoms with E-state index in [1.807, 2.05) is 0 Å². The van der Waals surface area contributed by atoms with Gasteiger partial charge in [-0.15, -0.1) is 0 Å². The molecule has 1 atom stereocenters. The molecule has 0 aromatic carbocycles. The lowest BCUT2D eigenvalue weighted by Gasteiger charge is -2.49. The zero-order chi connectivity index (χ0) is 16.6. The van der Waals surface area contributed by atoms with Crippen molar-refractivity contribution in [3.05, 3.63) is 12.3 Å². The first-order valence-electron chi connectivity index (χ1n) is 9.28. The molecule has 0 bridgehead atoms. The summed E-state index contributed by atoms with van der Waals surface area (Å²) >= 11 is 0. The first kappa shape index (κ1) is 15.7. The highest BCUT2D eigenvalue weighted by Gasteiger charge is 2.44. The molecule has 1 saturated carbocycles. The van der Waals surface area contributed by atoms with Gasteiger partial charge in [-0.05, 0) is 38.2 Å². The Balaban J connectivity index is 1.52. The van der Waals surface area contributed by atoms with E-state index in [0.717, 1.165) is 38.4 Å². The highest BCUT2D eigenvalue weighted by atomic mass is 16.2. The molecule has 2 saturated heterocycles. The van der Waals surface area contributed by atoms with E-state index in [4.69, 9.17) is 5.73 Å². The largest absolute Gasteiger partial charge is 0.384 e. The quantitative estimate of drug-likeness (QED) is 0.900. The van der Waals surface area contributed by atoms with Crippen LogP contribution in [0.25, 0.3) is 0 Å². The number of anilines is 2. The predicted molar refractivity (Wildman–Crippen MR) is 93.5 cm³/mol. The predicted octanol–water partition coefficient (Wildman–Crippen LogP) is 2.21. The summed E-state index contributed by atoms with van der Waals surface area (Å²) in [7, 11) is 0. The molecular weight excluding hydrogens is 302 g/mol. The van der Waals surface area contributed by atoms with Crippen molar-refractivity contribution in [1.82, 2.24) is 14.9 Å². The Kier molecular flexibility index (Phi) is 4.06. The number of nitrogens with two attached hydrogens (primary N) is 1. The molecule has 1 aromatic heterocycles. The second kappa shape index (κ2) is 6.22. The van der Waals surface area contributed by atoms with Crippen LogP contribution in [-0.4, -0.2) is 46.5 Å². The standard InChI is InChI=1S/C18H27N5O/c19-15-7-10-20-17(21-15)22-11-3-8-18(12-22)9-6-16(24)23(13-18)14-4-1-2-5-14/h7,10,14H,1-6,8-9,11-13H2,(H2,19,20,21). The van der Waals surface area contributed by atoms with Crippen molar-refractivity contribution in [3.8, 4) is 0 Å². The van der Waals surface area contributed by atoms with Gasteiger partial charge in [-0.1, -0.05) is 12.8 Å². The first-order valence-corrected chi connectivity index (χ1v) is 9.28. The Hall–Kier alpha value is -1.85. The lowest BCUT2D eigenvalue weighted by molar-refractivity contribution is -0.140. The fourth-order valence-corrected chi connectivity index (χ4v) is 4.82. The monoisotopic (exact) mass is 329 g/mol. The van der Waals surface area contributed by atoms with Crippen LogP contribution in [0.5, 0.6) is 0 Å². The van der Waals surface area contributed by atoms with Crippen molar-refractivity contribution in [2.75, 3.05) is 30.3 Å². The van der Waals surface area contributed by atoms with E-state index in [2.05, 4.69) is 19.8 Å². The van der Waals surface area contributed by atoms with E-state index < -0.39 is 0 Å². The lowest BCUT2D eigenvalue weighted by atomic mass is 9.73. The molecular formula is C18H27N5O. The average molecular weight is 329 g/mol. The Bertz CT molecular complexity index is 615. The zero-order valence-electron chi connectivity index (χ0n) is 14.3. The minimum Gasteiger partial charge on any atom is -0.384 e. The lowest BCUT2D eigenvalue weighted by Crippen LogP contribution is -2.56. The number of nitrogens with zero attached hydrogens (tertiary/aromatic N) is 4. The highest BCUT2D eigenvalue weighted by Crippen LogP contribution is 2.41. The fourth-order valence-electron chi connectivity index (χ4n) is 4.82. The summed E-state index contributed by atoms with van der Waals surface area (Å²) in [6.45, 7) is 2.82. The number of rotatable bonds is 2. The van der Waals surface area contributed by atoms with Crippen LogP contribution in [-0.2, 0) is 4.79 Å². The van der Waals surface area contributed by atoms with E-state index in [9.17, 15) is 4.79 Å². The number of nitrogen functional groups attached to an aromatic ring is 1. The Morgan fingerprint density at radius 3 is 2.79 bits per heavy atom. The van der Waals surface area contributed by atoms with E-state index in [0.29, 0.717) is 24.2 Å². The molecule has 2 aliphatic heterocycles. The molecule has 4 rings (SSSR count). The highest BCUT2D eigenvalue weighted by molar-refractivity contribution is 5.77. The third-order valence-corrected chi connectivity index (χ3v) is 6.07. The summed E-state index contributed by atoms with van der Waals surface area (Å²) in [5.74, 6) is 1.62. The minimum atomic E-state index is 0.197. The van der Waals surface area contributed by atoms with Crippen molar-refractivity contribution in [2.24, 2.45) is 5.41 Å². The maximum atomic E-state index is 12.5. The number of piperidine rings is 2. The molecule has 6 heteroatoms. The van der Waals surface area contributed by atoms with Gasteiger partial charge in [0, 0.05) is 43.7 Å². The molecule has 3 fully saturated rings. The van der Waals surface area contributed by atoms with E-state index in [-0.39, 0.29) is 5.41 Å². The van der Waals surface area contributed by atoms with Gasteiger partial charge in [-0.25, -0.2) is 4.98 Å². The van der Waals surface area contributed by atoms with Gasteiger partial charge in [-0.2, -0.15) is 4.98 Å². The zero-order valence-corrected chi connectivity index (χ0v) is 14.3. The van der Waals surface area contributed by atoms with Crippen LogP contribution in [0.15, 0.2) is 12.3 Å². The number of carbonyl (C=O) groups is 1. The van der Waals surface area contributed by atoms with Gasteiger partial charge in [-0.3, -0.25) is 4.79 Å². The molecule has 1 amide bonds. The molecule has 3 heterocycles. The van der Waals surface area contributed by atoms with Gasteiger partial charge in [0.1, 0.15) is 5.82 Å². The molecule has 130 valence electrons. The van der Waals surface area contributed by atoms with Crippen LogP contribution < -0.4 is 10.6 Å². The number of carbonyl (C=O) groups excluding carboxylic acids is 1. The first-order chi connectivity index (χ1) is 11.7. The molecule has 1 unspecified atom stereocenters. The number of aromatic nitrogens is 2. The van der Waals surface area contributed by atoms with Gasteiger partial charge >= 0.3 is 0 Å². The summed E-state index contributed by atoms with van der Waals surface area (Å²) < 4.78 is 0. The maximum absolute atomic E-state index is 12.5. The molecule has 1 aromatic rings. The summed E-state index contributed by atoms with van der Waals surface area (Å²) in [6, 6.07) is 2.21. The second-order valence-electron chi connectivity index (χ2n) is 7.77. The van der Waals surface area contributed by atoms with Gasteiger partial charge < -0.3 is 15.5 Å². The van der Waals surface area contributed by atoms with Crippen molar-refractivity contribution in [1.29, 1.82) is 0 Å². The van der Waals surface area contributed by atoms with Crippen molar-refractivity contribution >= 4 is 17.7 Å². The minimum absolute atomic E-state index is 0.197. The Morgan fingerprint density at radius 2 is 2.00 bits per heavy atom. The van der Waals surface area contributed by atoms with Crippen LogP contribution >= 0.6 is 0 Å². The van der Waals surface area contributed by atoms with Gasteiger partial charge in [0.15, 0.2) is 0 Å². The Labute approximate surface area is 143 Å². The van der Waals surface area contributed by atoms with Crippen LogP contribution in [0.4, 0.5) is 11.8 Å². The smallest absolute Gasteiger partial charge is 0.227 e. The maximum Gasteiger partial charge on any atom is 0.227 e. The number of hydrogen-bond acceptors (Lipinski definition) is 5. The van der Waals surface area contributed by atoms with Crippen molar-refractivity contribution < 1.29 is 4.79 Å².